The number of carbonyl (C=O) groups is 2. The lowest BCUT2D eigenvalue weighted by molar-refractivity contribution is -0.142. The van der Waals surface area contributed by atoms with Crippen LogP contribution in [0.25, 0.3) is 11.8 Å². The second-order valence-electron chi connectivity index (χ2n) is 6.80. The summed E-state index contributed by atoms with van der Waals surface area (Å²) in [4.78, 5) is 24.4. The molecule has 2 heterocycles. The predicted molar refractivity (Wildman–Crippen MR) is 127 cm³/mol. The van der Waals surface area contributed by atoms with Crippen molar-refractivity contribution in [3.63, 3.8) is 0 Å². The lowest BCUT2D eigenvalue weighted by Gasteiger charge is -2.12. The fourth-order valence-electron chi connectivity index (χ4n) is 3.13. The highest BCUT2D eigenvalue weighted by atomic mass is 35.5. The van der Waals surface area contributed by atoms with Crippen molar-refractivity contribution in [1.29, 1.82) is 10.5 Å². The first kappa shape index (κ1) is 24.1. The second-order valence-corrected chi connectivity index (χ2v) is 8.51. The van der Waals surface area contributed by atoms with Gasteiger partial charge in [0.05, 0.1) is 21.3 Å². The van der Waals surface area contributed by atoms with Crippen molar-refractivity contribution < 1.29 is 14.3 Å². The molecule has 1 N–H and O–H groups in total. The van der Waals surface area contributed by atoms with Gasteiger partial charge in [0.15, 0.2) is 6.61 Å². The van der Waals surface area contributed by atoms with Gasteiger partial charge in [-0.05, 0) is 55.1 Å². The Bertz CT molecular complexity index is 1360. The van der Waals surface area contributed by atoms with Crippen LogP contribution in [0.1, 0.15) is 22.5 Å². The largest absolute Gasteiger partial charge is 0.451 e. The van der Waals surface area contributed by atoms with Gasteiger partial charge in [0.25, 0.3) is 5.91 Å². The van der Waals surface area contributed by atoms with E-state index in [0.29, 0.717) is 31.9 Å². The van der Waals surface area contributed by atoms with Crippen molar-refractivity contribution in [3.8, 4) is 17.8 Å². The Labute approximate surface area is 204 Å². The number of carbonyl (C=O) groups excluding carboxylic acids is 2. The molecule has 1 aromatic carbocycles. The number of nitrogens with zero attached hydrogens (tertiary/aromatic N) is 3. The summed E-state index contributed by atoms with van der Waals surface area (Å²) >= 11 is 13.7. The normalized spacial score (nSPS) is 10.9. The number of hydrogen-bond donors (Lipinski definition) is 1. The maximum atomic E-state index is 12.4. The van der Waals surface area contributed by atoms with E-state index in [1.165, 1.54) is 17.4 Å². The predicted octanol–water partition coefficient (Wildman–Crippen LogP) is 5.42. The Morgan fingerprint density at radius 1 is 1.24 bits per heavy atom. The van der Waals surface area contributed by atoms with Crippen LogP contribution in [0, 0.1) is 36.5 Å². The summed E-state index contributed by atoms with van der Waals surface area (Å²) in [6.45, 7) is 3.08. The molecule has 0 unspecified atom stereocenters. The van der Waals surface area contributed by atoms with Crippen LogP contribution in [0.4, 0.5) is 5.00 Å². The third-order valence-corrected chi connectivity index (χ3v) is 6.29. The van der Waals surface area contributed by atoms with Gasteiger partial charge >= 0.3 is 5.97 Å². The first-order chi connectivity index (χ1) is 15.8. The van der Waals surface area contributed by atoms with Crippen LogP contribution < -0.4 is 5.32 Å². The van der Waals surface area contributed by atoms with Crippen molar-refractivity contribution >= 4 is 57.5 Å². The highest BCUT2D eigenvalue weighted by Gasteiger charge is 2.18. The van der Waals surface area contributed by atoms with E-state index in [-0.39, 0.29) is 5.57 Å². The van der Waals surface area contributed by atoms with Gasteiger partial charge in [-0.3, -0.25) is 4.79 Å². The average molecular weight is 499 g/mol. The molecular formula is C23H16Cl2N4O3S. The zero-order chi connectivity index (χ0) is 24.1. The van der Waals surface area contributed by atoms with E-state index in [1.54, 1.807) is 29.6 Å². The van der Waals surface area contributed by atoms with Crippen molar-refractivity contribution in [2.24, 2.45) is 0 Å². The molecule has 10 heteroatoms. The molecule has 0 radical (unpaired) electrons. The molecule has 0 bridgehead atoms. The van der Waals surface area contributed by atoms with Gasteiger partial charge in [-0.2, -0.15) is 10.5 Å². The standard InChI is InChI=1S/C23H16Cl2N4O3S/c1-13-8-16(14(2)29(13)19-5-3-4-18(24)21(19)25)9-17(11-27)23(31)32-12-20(30)28-22-15(10-26)6-7-33-22/h3-9H,12H2,1-2H3,(H,28,30)/b17-9+. The van der Waals surface area contributed by atoms with E-state index in [4.69, 9.17) is 33.2 Å². The molecule has 3 aromatic rings. The summed E-state index contributed by atoms with van der Waals surface area (Å²) in [5.74, 6) is -1.56. The molecule has 0 aliphatic rings. The molecule has 2 aromatic heterocycles. The van der Waals surface area contributed by atoms with E-state index in [1.807, 2.05) is 36.6 Å². The minimum atomic E-state index is -0.940. The fraction of sp³-hybridized carbons (Fsp3) is 0.130. The van der Waals surface area contributed by atoms with E-state index >= 15 is 0 Å². The molecule has 0 fully saturated rings. The Morgan fingerprint density at radius 3 is 2.70 bits per heavy atom. The maximum Gasteiger partial charge on any atom is 0.349 e. The summed E-state index contributed by atoms with van der Waals surface area (Å²) in [5.41, 5.74) is 2.87. The summed E-state index contributed by atoms with van der Waals surface area (Å²) in [6.07, 6.45) is 1.39. The summed E-state index contributed by atoms with van der Waals surface area (Å²) in [7, 11) is 0. The second kappa shape index (κ2) is 10.4. The molecule has 0 saturated carbocycles. The SMILES string of the molecule is Cc1cc(/C=C(\C#N)C(=O)OCC(=O)Nc2sccc2C#N)c(C)n1-c1cccc(Cl)c1Cl. The minimum absolute atomic E-state index is 0.269. The Hall–Kier alpha value is -3.56. The number of nitrogens with one attached hydrogen (secondary N) is 1. The molecule has 0 atom stereocenters. The first-order valence-corrected chi connectivity index (χ1v) is 11.1. The van der Waals surface area contributed by atoms with Crippen LogP contribution in [0.3, 0.4) is 0 Å². The number of aromatic nitrogens is 1. The van der Waals surface area contributed by atoms with Crippen LogP contribution in [-0.2, 0) is 14.3 Å². The zero-order valence-electron chi connectivity index (χ0n) is 17.5. The number of halogens is 2. The van der Waals surface area contributed by atoms with Gasteiger partial charge in [-0.25, -0.2) is 4.79 Å². The van der Waals surface area contributed by atoms with Crippen LogP contribution >= 0.6 is 34.5 Å². The number of nitriles is 2. The number of hydrogen-bond acceptors (Lipinski definition) is 6. The number of benzene rings is 1. The van der Waals surface area contributed by atoms with Crippen LogP contribution in [-0.4, -0.2) is 23.1 Å². The van der Waals surface area contributed by atoms with Crippen LogP contribution in [0.5, 0.6) is 0 Å². The van der Waals surface area contributed by atoms with Crippen molar-refractivity contribution in [3.05, 3.63) is 73.8 Å². The number of ether oxygens (including phenoxy) is 1. The fourth-order valence-corrected chi connectivity index (χ4v) is 4.26. The minimum Gasteiger partial charge on any atom is -0.451 e. The molecule has 0 spiro atoms. The van der Waals surface area contributed by atoms with Gasteiger partial charge in [-0.1, -0.05) is 29.3 Å². The number of rotatable bonds is 6. The van der Waals surface area contributed by atoms with Crippen molar-refractivity contribution in [2.75, 3.05) is 11.9 Å². The van der Waals surface area contributed by atoms with E-state index < -0.39 is 18.5 Å². The highest BCUT2D eigenvalue weighted by Crippen LogP contribution is 2.32. The topological polar surface area (TPSA) is 108 Å². The molecule has 1 amide bonds. The molecule has 7 nitrogen and oxygen atoms in total. The van der Waals surface area contributed by atoms with E-state index in [9.17, 15) is 14.9 Å². The Balaban J connectivity index is 1.77. The first-order valence-electron chi connectivity index (χ1n) is 9.46. The van der Waals surface area contributed by atoms with Gasteiger partial charge in [0.1, 0.15) is 22.7 Å². The van der Waals surface area contributed by atoms with Gasteiger partial charge in [0.2, 0.25) is 0 Å². The molecular weight excluding hydrogens is 483 g/mol. The number of esters is 1. The smallest absolute Gasteiger partial charge is 0.349 e. The number of amides is 1. The van der Waals surface area contributed by atoms with E-state index in [2.05, 4.69) is 5.32 Å². The number of thiophene rings is 1. The quantitative estimate of drug-likeness (QED) is 0.277. The summed E-state index contributed by atoms with van der Waals surface area (Å²) in [6, 6.07) is 12.4. The average Bonchev–Trinajstić information content (AvgIpc) is 3.35. The molecule has 166 valence electrons. The van der Waals surface area contributed by atoms with Crippen LogP contribution in [0.2, 0.25) is 10.0 Å². The lowest BCUT2D eigenvalue weighted by Crippen LogP contribution is -2.21. The number of anilines is 1. The molecule has 0 saturated heterocycles. The number of aryl methyl sites for hydroxylation is 1. The molecule has 0 aliphatic heterocycles. The third-order valence-electron chi connectivity index (χ3n) is 4.66. The zero-order valence-corrected chi connectivity index (χ0v) is 19.8. The third kappa shape index (κ3) is 5.27. The van der Waals surface area contributed by atoms with Crippen molar-refractivity contribution in [2.45, 2.75) is 13.8 Å². The van der Waals surface area contributed by atoms with Crippen LogP contribution in [0.15, 0.2) is 41.3 Å². The Morgan fingerprint density at radius 2 is 2.00 bits per heavy atom. The molecule has 0 aliphatic carbocycles. The lowest BCUT2D eigenvalue weighted by atomic mass is 10.1. The van der Waals surface area contributed by atoms with Gasteiger partial charge in [-0.15, -0.1) is 11.3 Å². The Kier molecular flexibility index (Phi) is 7.57. The molecule has 33 heavy (non-hydrogen) atoms. The summed E-state index contributed by atoms with van der Waals surface area (Å²) < 4.78 is 6.85. The van der Waals surface area contributed by atoms with E-state index in [0.717, 1.165) is 11.4 Å². The summed E-state index contributed by atoms with van der Waals surface area (Å²) in [5, 5.41) is 23.8. The van der Waals surface area contributed by atoms with Crippen molar-refractivity contribution in [1.82, 2.24) is 4.57 Å². The molecule has 3 rings (SSSR count). The maximum absolute atomic E-state index is 12.4. The monoisotopic (exact) mass is 498 g/mol. The van der Waals surface area contributed by atoms with Gasteiger partial charge in [0, 0.05) is 11.4 Å². The highest BCUT2D eigenvalue weighted by molar-refractivity contribution is 7.14. The van der Waals surface area contributed by atoms with Gasteiger partial charge < -0.3 is 14.6 Å².